The van der Waals surface area contributed by atoms with E-state index in [2.05, 4.69) is 26.1 Å². The average Bonchev–Trinajstić information content (AvgIpc) is 2.31. The second kappa shape index (κ2) is 7.59. The van der Waals surface area contributed by atoms with Crippen LogP contribution in [0.1, 0.15) is 59.1 Å². The highest BCUT2D eigenvalue weighted by Gasteiger charge is 2.33. The van der Waals surface area contributed by atoms with E-state index in [1.807, 2.05) is 33.8 Å². The zero-order valence-electron chi connectivity index (χ0n) is 17.6. The Morgan fingerprint density at radius 2 is 1.54 bits per heavy atom. The number of amides is 1. The number of nitrogens with one attached hydrogen (secondary N) is 1. The summed E-state index contributed by atoms with van der Waals surface area (Å²) in [6.45, 7) is 15.7. The molecule has 1 atom stereocenters. The van der Waals surface area contributed by atoms with Crippen molar-refractivity contribution in [2.45, 2.75) is 73.4 Å². The van der Waals surface area contributed by atoms with Gasteiger partial charge in [-0.3, -0.25) is 9.10 Å². The normalized spacial score (nSPS) is 14.0. The van der Waals surface area contributed by atoms with Gasteiger partial charge in [0.25, 0.3) is 0 Å². The molecule has 1 amide bonds. The SMILES string of the molecule is Cc1cc(C)cc(N([C@H](C)C(=O)NC(C)(C)CC(C)(C)C)S(C)(=O)=O)c1. The van der Waals surface area contributed by atoms with Crippen molar-refractivity contribution in [2.24, 2.45) is 5.41 Å². The molecule has 0 aliphatic heterocycles. The van der Waals surface area contributed by atoms with Crippen molar-refractivity contribution in [1.82, 2.24) is 5.32 Å². The lowest BCUT2D eigenvalue weighted by Crippen LogP contribution is -2.54. The number of carbonyl (C=O) groups excluding carboxylic acids is 1. The molecule has 0 fully saturated rings. The highest BCUT2D eigenvalue weighted by molar-refractivity contribution is 7.92. The summed E-state index contributed by atoms with van der Waals surface area (Å²) in [7, 11) is -3.61. The maximum Gasteiger partial charge on any atom is 0.244 e. The molecule has 26 heavy (non-hydrogen) atoms. The first-order valence-electron chi connectivity index (χ1n) is 8.92. The van der Waals surface area contributed by atoms with E-state index < -0.39 is 21.6 Å². The van der Waals surface area contributed by atoms with Crippen LogP contribution in [0.3, 0.4) is 0 Å². The van der Waals surface area contributed by atoms with Gasteiger partial charge in [0.2, 0.25) is 15.9 Å². The number of aryl methyl sites for hydroxylation is 2. The Morgan fingerprint density at radius 3 is 1.92 bits per heavy atom. The number of rotatable bonds is 6. The van der Waals surface area contributed by atoms with Gasteiger partial charge in [0.05, 0.1) is 11.9 Å². The van der Waals surface area contributed by atoms with Crippen molar-refractivity contribution in [2.75, 3.05) is 10.6 Å². The van der Waals surface area contributed by atoms with Crippen molar-refractivity contribution >= 4 is 21.6 Å². The Balaban J connectivity index is 3.18. The molecule has 0 bridgehead atoms. The van der Waals surface area contributed by atoms with Crippen LogP contribution in [0.2, 0.25) is 0 Å². The second-order valence-electron chi connectivity index (χ2n) is 9.19. The van der Waals surface area contributed by atoms with E-state index in [-0.39, 0.29) is 11.3 Å². The molecule has 0 aliphatic rings. The summed E-state index contributed by atoms with van der Waals surface area (Å²) in [5.74, 6) is -0.302. The van der Waals surface area contributed by atoms with Crippen molar-refractivity contribution in [3.63, 3.8) is 0 Å². The summed E-state index contributed by atoms with van der Waals surface area (Å²) < 4.78 is 26.1. The fourth-order valence-corrected chi connectivity index (χ4v) is 4.85. The maximum atomic E-state index is 12.9. The molecule has 0 radical (unpaired) electrons. The lowest BCUT2D eigenvalue weighted by molar-refractivity contribution is -0.123. The summed E-state index contributed by atoms with van der Waals surface area (Å²) in [5.41, 5.74) is 2.03. The minimum atomic E-state index is -3.61. The first kappa shape index (κ1) is 22.5. The molecular formula is C20H34N2O3S. The van der Waals surface area contributed by atoms with Gasteiger partial charge in [0, 0.05) is 5.54 Å². The zero-order valence-corrected chi connectivity index (χ0v) is 18.4. The van der Waals surface area contributed by atoms with Crippen molar-refractivity contribution in [1.29, 1.82) is 0 Å². The summed E-state index contributed by atoms with van der Waals surface area (Å²) in [6, 6.07) is 4.71. The molecule has 0 saturated heterocycles. The first-order valence-corrected chi connectivity index (χ1v) is 10.8. The van der Waals surface area contributed by atoms with Gasteiger partial charge in [-0.05, 0) is 69.7 Å². The van der Waals surface area contributed by atoms with E-state index in [1.54, 1.807) is 19.1 Å². The number of sulfonamides is 1. The van der Waals surface area contributed by atoms with Crippen LogP contribution in [0, 0.1) is 19.3 Å². The molecule has 0 spiro atoms. The molecule has 0 saturated carbocycles. The van der Waals surface area contributed by atoms with Crippen LogP contribution in [-0.4, -0.2) is 32.2 Å². The Morgan fingerprint density at radius 1 is 1.08 bits per heavy atom. The van der Waals surface area contributed by atoms with Gasteiger partial charge in [-0.2, -0.15) is 0 Å². The van der Waals surface area contributed by atoms with Crippen LogP contribution in [0.15, 0.2) is 18.2 Å². The van der Waals surface area contributed by atoms with Crippen LogP contribution < -0.4 is 9.62 Å². The van der Waals surface area contributed by atoms with Gasteiger partial charge >= 0.3 is 0 Å². The number of hydrogen-bond acceptors (Lipinski definition) is 3. The number of nitrogens with zero attached hydrogens (tertiary/aromatic N) is 1. The summed E-state index contributed by atoms with van der Waals surface area (Å²) in [6.07, 6.45) is 1.91. The van der Waals surface area contributed by atoms with Crippen molar-refractivity contribution in [3.05, 3.63) is 29.3 Å². The van der Waals surface area contributed by atoms with Crippen LogP contribution in [-0.2, 0) is 14.8 Å². The quantitative estimate of drug-likeness (QED) is 0.814. The van der Waals surface area contributed by atoms with Gasteiger partial charge in [-0.25, -0.2) is 8.42 Å². The third-order valence-electron chi connectivity index (χ3n) is 3.98. The summed E-state index contributed by atoms with van der Waals surface area (Å²) in [4.78, 5) is 12.9. The number of carbonyl (C=O) groups is 1. The van der Waals surface area contributed by atoms with E-state index in [1.165, 1.54) is 4.31 Å². The second-order valence-corrected chi connectivity index (χ2v) is 11.1. The topological polar surface area (TPSA) is 66.5 Å². The first-order chi connectivity index (χ1) is 11.5. The van der Waals surface area contributed by atoms with Gasteiger partial charge in [-0.1, -0.05) is 26.8 Å². The molecule has 0 aromatic heterocycles. The summed E-state index contributed by atoms with van der Waals surface area (Å²) >= 11 is 0. The largest absolute Gasteiger partial charge is 0.349 e. The fourth-order valence-electron chi connectivity index (χ4n) is 3.69. The lowest BCUT2D eigenvalue weighted by Gasteiger charge is -2.36. The lowest BCUT2D eigenvalue weighted by atomic mass is 9.81. The minimum Gasteiger partial charge on any atom is -0.349 e. The van der Waals surface area contributed by atoms with E-state index >= 15 is 0 Å². The minimum absolute atomic E-state index is 0.0458. The molecule has 148 valence electrons. The third kappa shape index (κ3) is 6.63. The van der Waals surface area contributed by atoms with E-state index in [0.717, 1.165) is 23.8 Å². The molecule has 5 nitrogen and oxygen atoms in total. The van der Waals surface area contributed by atoms with Crippen LogP contribution in [0.5, 0.6) is 0 Å². The molecule has 6 heteroatoms. The molecule has 1 rings (SSSR count). The molecular weight excluding hydrogens is 348 g/mol. The number of benzene rings is 1. The molecule has 0 aliphatic carbocycles. The van der Waals surface area contributed by atoms with Crippen molar-refractivity contribution in [3.8, 4) is 0 Å². The van der Waals surface area contributed by atoms with Gasteiger partial charge in [-0.15, -0.1) is 0 Å². The average molecular weight is 383 g/mol. The van der Waals surface area contributed by atoms with Gasteiger partial charge in [0.1, 0.15) is 6.04 Å². The maximum absolute atomic E-state index is 12.9. The highest BCUT2D eigenvalue weighted by atomic mass is 32.2. The smallest absolute Gasteiger partial charge is 0.244 e. The Kier molecular flexibility index (Phi) is 6.56. The van der Waals surface area contributed by atoms with Gasteiger partial charge < -0.3 is 5.32 Å². The Bertz CT molecular complexity index is 742. The van der Waals surface area contributed by atoms with E-state index in [4.69, 9.17) is 0 Å². The Hall–Kier alpha value is -1.56. The van der Waals surface area contributed by atoms with Crippen LogP contribution in [0.4, 0.5) is 5.69 Å². The molecule has 1 aromatic rings. The summed E-state index contributed by atoms with van der Waals surface area (Å²) in [5, 5.41) is 3.02. The molecule has 1 aromatic carbocycles. The number of anilines is 1. The van der Waals surface area contributed by atoms with Crippen molar-refractivity contribution < 1.29 is 13.2 Å². The predicted octanol–water partition coefficient (Wildman–Crippen LogP) is 3.79. The molecule has 0 heterocycles. The Labute approximate surface area is 159 Å². The van der Waals surface area contributed by atoms with Crippen LogP contribution in [0.25, 0.3) is 0 Å². The van der Waals surface area contributed by atoms with Crippen LogP contribution >= 0.6 is 0 Å². The molecule has 1 N–H and O–H groups in total. The monoisotopic (exact) mass is 382 g/mol. The van der Waals surface area contributed by atoms with E-state index in [9.17, 15) is 13.2 Å². The standard InChI is InChI=1S/C20H34N2O3S/c1-14-10-15(2)12-17(11-14)22(26(9,24)25)16(3)18(23)21-20(7,8)13-19(4,5)6/h10-12,16H,13H2,1-9H3,(H,21,23)/t16-/m1/s1. The highest BCUT2D eigenvalue weighted by Crippen LogP contribution is 2.28. The number of hydrogen-bond donors (Lipinski definition) is 1. The zero-order chi connectivity index (χ0) is 20.5. The predicted molar refractivity (Wildman–Crippen MR) is 109 cm³/mol. The van der Waals surface area contributed by atoms with Gasteiger partial charge in [0.15, 0.2) is 0 Å². The van der Waals surface area contributed by atoms with E-state index in [0.29, 0.717) is 5.69 Å². The third-order valence-corrected chi connectivity index (χ3v) is 5.22. The molecule has 0 unspecified atom stereocenters. The fraction of sp³-hybridized carbons (Fsp3) is 0.650.